The Morgan fingerprint density at radius 2 is 2.24 bits per heavy atom. The van der Waals surface area contributed by atoms with Gasteiger partial charge in [-0.1, -0.05) is 0 Å². The molecular formula is C18H18N6O. The molecule has 0 spiro atoms. The highest BCUT2D eigenvalue weighted by Crippen LogP contribution is 2.34. The maximum absolute atomic E-state index is 9.83. The summed E-state index contributed by atoms with van der Waals surface area (Å²) >= 11 is 0. The molecule has 4 aromatic rings. The zero-order chi connectivity index (χ0) is 17.0. The van der Waals surface area contributed by atoms with Crippen LogP contribution in [0.25, 0.3) is 27.7 Å². The lowest BCUT2D eigenvalue weighted by molar-refractivity contribution is -0.0235. The largest absolute Gasteiger partial charge is 0.390 e. The number of anilines is 1. The summed E-state index contributed by atoms with van der Waals surface area (Å²) in [5.74, 6) is 0.590. The Morgan fingerprint density at radius 1 is 1.36 bits per heavy atom. The average molecular weight is 334 g/mol. The third-order valence-electron chi connectivity index (χ3n) is 4.85. The third-order valence-corrected chi connectivity index (χ3v) is 4.85. The lowest BCUT2D eigenvalue weighted by Crippen LogP contribution is -2.48. The Balaban J connectivity index is 1.46. The SMILES string of the molecule is C[C@]1(O)C[C@@H](Nc2ncc3c(-c4ccn5nccc5c4)c[nH]c3n2)C1. The second-order valence-corrected chi connectivity index (χ2v) is 7.02. The first-order valence-electron chi connectivity index (χ1n) is 8.34. The molecule has 0 saturated heterocycles. The lowest BCUT2D eigenvalue weighted by atomic mass is 9.77. The number of hydrogen-bond acceptors (Lipinski definition) is 5. The minimum absolute atomic E-state index is 0.228. The van der Waals surface area contributed by atoms with Crippen molar-refractivity contribution in [1.29, 1.82) is 0 Å². The number of fused-ring (bicyclic) bond motifs is 2. The van der Waals surface area contributed by atoms with E-state index < -0.39 is 5.60 Å². The summed E-state index contributed by atoms with van der Waals surface area (Å²) < 4.78 is 1.84. The van der Waals surface area contributed by atoms with Crippen LogP contribution in [-0.2, 0) is 0 Å². The first-order valence-corrected chi connectivity index (χ1v) is 8.34. The van der Waals surface area contributed by atoms with Crippen LogP contribution >= 0.6 is 0 Å². The maximum Gasteiger partial charge on any atom is 0.224 e. The van der Waals surface area contributed by atoms with Crippen LogP contribution in [-0.4, -0.2) is 41.3 Å². The molecule has 0 radical (unpaired) electrons. The topological polar surface area (TPSA) is 91.1 Å². The summed E-state index contributed by atoms with van der Waals surface area (Å²) in [4.78, 5) is 12.2. The molecule has 3 N–H and O–H groups in total. The zero-order valence-corrected chi connectivity index (χ0v) is 13.8. The van der Waals surface area contributed by atoms with E-state index in [0.29, 0.717) is 5.95 Å². The number of hydrogen-bond donors (Lipinski definition) is 3. The molecule has 25 heavy (non-hydrogen) atoms. The molecule has 4 heterocycles. The van der Waals surface area contributed by atoms with Crippen LogP contribution in [0.1, 0.15) is 19.8 Å². The van der Waals surface area contributed by atoms with Gasteiger partial charge >= 0.3 is 0 Å². The van der Waals surface area contributed by atoms with Crippen LogP contribution in [0.5, 0.6) is 0 Å². The Bertz CT molecular complexity index is 1070. The van der Waals surface area contributed by atoms with Gasteiger partial charge in [0.15, 0.2) is 0 Å². The summed E-state index contributed by atoms with van der Waals surface area (Å²) in [6, 6.07) is 6.33. The van der Waals surface area contributed by atoms with Crippen molar-refractivity contribution in [1.82, 2.24) is 24.6 Å². The molecule has 0 bridgehead atoms. The van der Waals surface area contributed by atoms with E-state index in [2.05, 4.69) is 31.4 Å². The average Bonchev–Trinajstić information content (AvgIpc) is 3.18. The fourth-order valence-corrected chi connectivity index (χ4v) is 3.59. The Hall–Kier alpha value is -2.93. The molecule has 0 aliphatic heterocycles. The number of nitrogens with one attached hydrogen (secondary N) is 2. The normalized spacial score (nSPS) is 23.0. The number of aliphatic hydroxyl groups is 1. The van der Waals surface area contributed by atoms with E-state index in [0.717, 1.165) is 40.5 Å². The van der Waals surface area contributed by atoms with Crippen molar-refractivity contribution >= 4 is 22.5 Å². The second-order valence-electron chi connectivity index (χ2n) is 7.02. The van der Waals surface area contributed by atoms with Crippen molar-refractivity contribution in [2.75, 3.05) is 5.32 Å². The van der Waals surface area contributed by atoms with Gasteiger partial charge in [-0.15, -0.1) is 0 Å². The van der Waals surface area contributed by atoms with Gasteiger partial charge in [0.25, 0.3) is 0 Å². The number of aromatic nitrogens is 5. The first kappa shape index (κ1) is 14.4. The number of aromatic amines is 1. The molecule has 0 amide bonds. The van der Waals surface area contributed by atoms with Gasteiger partial charge < -0.3 is 15.4 Å². The van der Waals surface area contributed by atoms with Crippen LogP contribution in [0.2, 0.25) is 0 Å². The van der Waals surface area contributed by atoms with Gasteiger partial charge in [-0.05, 0) is 43.5 Å². The summed E-state index contributed by atoms with van der Waals surface area (Å²) in [6.07, 6.45) is 8.97. The lowest BCUT2D eigenvalue weighted by Gasteiger charge is -2.41. The number of nitrogens with zero attached hydrogens (tertiary/aromatic N) is 4. The number of rotatable bonds is 3. The van der Waals surface area contributed by atoms with Gasteiger partial charge in [0, 0.05) is 41.8 Å². The van der Waals surface area contributed by atoms with Gasteiger partial charge in [0.05, 0.1) is 11.1 Å². The van der Waals surface area contributed by atoms with E-state index >= 15 is 0 Å². The van der Waals surface area contributed by atoms with Crippen molar-refractivity contribution in [3.05, 3.63) is 43.0 Å². The summed E-state index contributed by atoms with van der Waals surface area (Å²) in [5.41, 5.74) is 3.44. The van der Waals surface area contributed by atoms with Crippen LogP contribution in [0.4, 0.5) is 5.95 Å². The molecule has 1 fully saturated rings. The first-order chi connectivity index (χ1) is 12.1. The summed E-state index contributed by atoms with van der Waals surface area (Å²) in [6.45, 7) is 1.85. The molecule has 5 rings (SSSR count). The van der Waals surface area contributed by atoms with E-state index in [9.17, 15) is 5.11 Å². The quantitative estimate of drug-likeness (QED) is 0.536. The van der Waals surface area contributed by atoms with E-state index in [4.69, 9.17) is 0 Å². The van der Waals surface area contributed by atoms with Crippen molar-refractivity contribution in [2.45, 2.75) is 31.4 Å². The molecular weight excluding hydrogens is 316 g/mol. The minimum atomic E-state index is -0.562. The third kappa shape index (κ3) is 2.44. The Morgan fingerprint density at radius 3 is 3.08 bits per heavy atom. The van der Waals surface area contributed by atoms with Gasteiger partial charge in [0.2, 0.25) is 5.95 Å². The maximum atomic E-state index is 9.83. The summed E-state index contributed by atoms with van der Waals surface area (Å²) in [5, 5.41) is 18.3. The molecule has 0 unspecified atom stereocenters. The molecule has 0 aromatic carbocycles. The van der Waals surface area contributed by atoms with Gasteiger partial charge in [-0.25, -0.2) is 9.50 Å². The Labute approximate surface area is 143 Å². The summed E-state index contributed by atoms with van der Waals surface area (Å²) in [7, 11) is 0. The smallest absolute Gasteiger partial charge is 0.224 e. The minimum Gasteiger partial charge on any atom is -0.390 e. The number of pyridine rings is 1. The monoisotopic (exact) mass is 334 g/mol. The molecule has 126 valence electrons. The fraction of sp³-hybridized carbons (Fsp3) is 0.278. The predicted molar refractivity (Wildman–Crippen MR) is 95.3 cm³/mol. The zero-order valence-electron chi connectivity index (χ0n) is 13.8. The fourth-order valence-electron chi connectivity index (χ4n) is 3.59. The highest BCUT2D eigenvalue weighted by Gasteiger charge is 2.38. The van der Waals surface area contributed by atoms with Gasteiger partial charge in [-0.2, -0.15) is 10.1 Å². The van der Waals surface area contributed by atoms with Crippen LogP contribution in [0.3, 0.4) is 0 Å². The molecule has 1 saturated carbocycles. The molecule has 1 aliphatic rings. The van der Waals surface area contributed by atoms with Crippen molar-refractivity contribution in [3.8, 4) is 11.1 Å². The number of H-pyrrole nitrogens is 1. The van der Waals surface area contributed by atoms with Crippen LogP contribution in [0.15, 0.2) is 43.0 Å². The highest BCUT2D eigenvalue weighted by molar-refractivity contribution is 5.94. The molecule has 1 aliphatic carbocycles. The highest BCUT2D eigenvalue weighted by atomic mass is 16.3. The van der Waals surface area contributed by atoms with Gasteiger partial charge in [-0.3, -0.25) is 0 Å². The van der Waals surface area contributed by atoms with Crippen LogP contribution in [0, 0.1) is 0 Å². The van der Waals surface area contributed by atoms with Crippen molar-refractivity contribution < 1.29 is 5.11 Å². The Kier molecular flexibility index (Phi) is 2.90. The molecule has 4 aromatic heterocycles. The molecule has 0 atom stereocenters. The van der Waals surface area contributed by atoms with E-state index in [-0.39, 0.29) is 6.04 Å². The van der Waals surface area contributed by atoms with Crippen molar-refractivity contribution in [2.24, 2.45) is 0 Å². The second kappa shape index (κ2) is 5.03. The standard InChI is InChI=1S/C18H18N6O/c1-18(25)7-12(8-18)22-17-20-10-15-14(9-19-16(15)23-17)11-3-5-24-13(6-11)2-4-21-24/h2-6,9-10,12,25H,7-8H2,1H3,(H2,19,20,22,23)/t12-,18+. The molecule has 7 heteroatoms. The van der Waals surface area contributed by atoms with E-state index in [1.807, 2.05) is 42.2 Å². The van der Waals surface area contributed by atoms with Crippen LogP contribution < -0.4 is 5.32 Å². The molecule has 7 nitrogen and oxygen atoms in total. The van der Waals surface area contributed by atoms with Crippen molar-refractivity contribution in [3.63, 3.8) is 0 Å². The predicted octanol–water partition coefficient (Wildman–Crippen LogP) is 2.60. The van der Waals surface area contributed by atoms with Gasteiger partial charge in [0.1, 0.15) is 5.65 Å². The van der Waals surface area contributed by atoms with E-state index in [1.165, 1.54) is 0 Å². The van der Waals surface area contributed by atoms with E-state index in [1.54, 1.807) is 6.20 Å².